The van der Waals surface area contributed by atoms with Crippen molar-refractivity contribution in [1.82, 2.24) is 0 Å². The van der Waals surface area contributed by atoms with Crippen molar-refractivity contribution in [3.63, 3.8) is 0 Å². The lowest BCUT2D eigenvalue weighted by Gasteiger charge is -2.20. The number of hydrogen-bond acceptors (Lipinski definition) is 2. The summed E-state index contributed by atoms with van der Waals surface area (Å²) in [4.78, 5) is 21.5. The standard InChI is InChI=1S/C10H16O3/c1-6-3-4-8(7(2)5-11)9(6)10(12)13/h5-9H,3-4H2,1-2H3,(H,12,13)/t6-,7+,8-,9+/m1/s1. The van der Waals surface area contributed by atoms with Gasteiger partial charge in [0.15, 0.2) is 0 Å². The van der Waals surface area contributed by atoms with E-state index in [1.54, 1.807) is 0 Å². The molecule has 74 valence electrons. The highest BCUT2D eigenvalue weighted by molar-refractivity contribution is 5.72. The van der Waals surface area contributed by atoms with Crippen molar-refractivity contribution < 1.29 is 14.7 Å². The molecule has 3 nitrogen and oxygen atoms in total. The smallest absolute Gasteiger partial charge is 0.307 e. The van der Waals surface area contributed by atoms with Crippen LogP contribution in [0.1, 0.15) is 26.7 Å². The summed E-state index contributed by atoms with van der Waals surface area (Å²) in [5.41, 5.74) is 0. The minimum atomic E-state index is -0.747. The predicted octanol–water partition coefficient (Wildman–Crippen LogP) is 1.57. The molecule has 1 fully saturated rings. The Labute approximate surface area is 78.1 Å². The molecule has 0 unspecified atom stereocenters. The van der Waals surface area contributed by atoms with E-state index in [0.717, 1.165) is 19.1 Å². The number of carbonyl (C=O) groups excluding carboxylic acids is 1. The fourth-order valence-corrected chi connectivity index (χ4v) is 2.35. The van der Waals surface area contributed by atoms with Crippen molar-refractivity contribution >= 4 is 12.3 Å². The zero-order chi connectivity index (χ0) is 10.0. The van der Waals surface area contributed by atoms with Crippen molar-refractivity contribution in [2.75, 3.05) is 0 Å². The van der Waals surface area contributed by atoms with Crippen LogP contribution in [0.4, 0.5) is 0 Å². The molecule has 1 aliphatic carbocycles. The van der Waals surface area contributed by atoms with Crippen molar-refractivity contribution in [3.05, 3.63) is 0 Å². The molecular formula is C10H16O3. The highest BCUT2D eigenvalue weighted by atomic mass is 16.4. The maximum atomic E-state index is 10.9. The average Bonchev–Trinajstić information content (AvgIpc) is 2.45. The van der Waals surface area contributed by atoms with Crippen LogP contribution in [-0.2, 0) is 9.59 Å². The Kier molecular flexibility index (Phi) is 3.07. The van der Waals surface area contributed by atoms with Crippen LogP contribution in [0.15, 0.2) is 0 Å². The Balaban J connectivity index is 2.75. The summed E-state index contributed by atoms with van der Waals surface area (Å²) in [6.45, 7) is 3.77. The van der Waals surface area contributed by atoms with E-state index in [1.807, 2.05) is 13.8 Å². The van der Waals surface area contributed by atoms with E-state index in [1.165, 1.54) is 0 Å². The van der Waals surface area contributed by atoms with Crippen LogP contribution in [-0.4, -0.2) is 17.4 Å². The van der Waals surface area contributed by atoms with Crippen molar-refractivity contribution in [2.45, 2.75) is 26.7 Å². The van der Waals surface area contributed by atoms with Gasteiger partial charge < -0.3 is 9.90 Å². The van der Waals surface area contributed by atoms with Crippen LogP contribution >= 0.6 is 0 Å². The third kappa shape index (κ3) is 1.90. The number of hydrogen-bond donors (Lipinski definition) is 1. The largest absolute Gasteiger partial charge is 0.481 e. The van der Waals surface area contributed by atoms with Crippen molar-refractivity contribution in [3.8, 4) is 0 Å². The predicted molar refractivity (Wildman–Crippen MR) is 48.2 cm³/mol. The van der Waals surface area contributed by atoms with Crippen LogP contribution in [0.2, 0.25) is 0 Å². The van der Waals surface area contributed by atoms with Crippen LogP contribution < -0.4 is 0 Å². The maximum Gasteiger partial charge on any atom is 0.307 e. The molecule has 0 spiro atoms. The Morgan fingerprint density at radius 2 is 2.15 bits per heavy atom. The summed E-state index contributed by atoms with van der Waals surface area (Å²) >= 11 is 0. The lowest BCUT2D eigenvalue weighted by molar-refractivity contribution is -0.145. The molecule has 0 aromatic carbocycles. The fraction of sp³-hybridized carbons (Fsp3) is 0.800. The van der Waals surface area contributed by atoms with Crippen LogP contribution in [0, 0.1) is 23.7 Å². The molecule has 0 aromatic heterocycles. The third-order valence-corrected chi connectivity index (χ3v) is 3.20. The zero-order valence-electron chi connectivity index (χ0n) is 8.06. The Hall–Kier alpha value is -0.860. The lowest BCUT2D eigenvalue weighted by atomic mass is 9.83. The first-order valence-electron chi connectivity index (χ1n) is 4.76. The second-order valence-corrected chi connectivity index (χ2v) is 4.08. The van der Waals surface area contributed by atoms with Crippen LogP contribution in [0.5, 0.6) is 0 Å². The number of carbonyl (C=O) groups is 2. The van der Waals surface area contributed by atoms with E-state index in [2.05, 4.69) is 0 Å². The molecular weight excluding hydrogens is 168 g/mol. The minimum Gasteiger partial charge on any atom is -0.481 e. The summed E-state index contributed by atoms with van der Waals surface area (Å²) in [6, 6.07) is 0. The highest BCUT2D eigenvalue weighted by Crippen LogP contribution is 2.40. The Morgan fingerprint density at radius 1 is 1.54 bits per heavy atom. The summed E-state index contributed by atoms with van der Waals surface area (Å²) in [5, 5.41) is 8.98. The van der Waals surface area contributed by atoms with Crippen molar-refractivity contribution in [2.24, 2.45) is 23.7 Å². The van der Waals surface area contributed by atoms with Gasteiger partial charge in [0.25, 0.3) is 0 Å². The molecule has 1 aliphatic rings. The second-order valence-electron chi connectivity index (χ2n) is 4.08. The fourth-order valence-electron chi connectivity index (χ4n) is 2.35. The van der Waals surface area contributed by atoms with E-state index in [4.69, 9.17) is 5.11 Å². The molecule has 0 saturated heterocycles. The quantitative estimate of drug-likeness (QED) is 0.677. The van der Waals surface area contributed by atoms with E-state index in [0.29, 0.717) is 0 Å². The number of carboxylic acid groups (broad SMARTS) is 1. The molecule has 0 aliphatic heterocycles. The van der Waals surface area contributed by atoms with Gasteiger partial charge in [-0.1, -0.05) is 13.8 Å². The molecule has 0 heterocycles. The monoisotopic (exact) mass is 184 g/mol. The van der Waals surface area contributed by atoms with Gasteiger partial charge in [0.1, 0.15) is 6.29 Å². The summed E-state index contributed by atoms with van der Waals surface area (Å²) in [7, 11) is 0. The average molecular weight is 184 g/mol. The number of aliphatic carboxylic acids is 1. The summed E-state index contributed by atoms with van der Waals surface area (Å²) in [5.74, 6) is -0.926. The molecule has 1 N–H and O–H groups in total. The van der Waals surface area contributed by atoms with Gasteiger partial charge in [-0.25, -0.2) is 0 Å². The lowest BCUT2D eigenvalue weighted by Crippen LogP contribution is -2.27. The van der Waals surface area contributed by atoms with Crippen LogP contribution in [0.3, 0.4) is 0 Å². The second kappa shape index (κ2) is 3.90. The molecule has 3 heteroatoms. The molecule has 1 rings (SSSR count). The van der Waals surface area contributed by atoms with E-state index in [9.17, 15) is 9.59 Å². The third-order valence-electron chi connectivity index (χ3n) is 3.20. The summed E-state index contributed by atoms with van der Waals surface area (Å²) in [6.07, 6.45) is 2.68. The van der Waals surface area contributed by atoms with Gasteiger partial charge >= 0.3 is 5.97 Å². The zero-order valence-corrected chi connectivity index (χ0v) is 8.06. The van der Waals surface area contributed by atoms with Crippen molar-refractivity contribution in [1.29, 1.82) is 0 Å². The molecule has 0 radical (unpaired) electrons. The molecule has 0 amide bonds. The molecule has 0 bridgehead atoms. The van der Waals surface area contributed by atoms with Gasteiger partial charge in [0, 0.05) is 5.92 Å². The number of carboxylic acids is 1. The topological polar surface area (TPSA) is 54.4 Å². The minimum absolute atomic E-state index is 0.0463. The van der Waals surface area contributed by atoms with Gasteiger partial charge in [-0.05, 0) is 24.7 Å². The van der Waals surface area contributed by atoms with Gasteiger partial charge in [-0.3, -0.25) is 4.79 Å². The molecule has 13 heavy (non-hydrogen) atoms. The number of aldehydes is 1. The first kappa shape index (κ1) is 10.2. The first-order valence-corrected chi connectivity index (χ1v) is 4.76. The molecule has 4 atom stereocenters. The van der Waals surface area contributed by atoms with Crippen LogP contribution in [0.25, 0.3) is 0 Å². The van der Waals surface area contributed by atoms with Gasteiger partial charge in [-0.15, -0.1) is 0 Å². The Bertz CT molecular complexity index is 212. The van der Waals surface area contributed by atoms with Gasteiger partial charge in [0.05, 0.1) is 5.92 Å². The number of rotatable bonds is 3. The van der Waals surface area contributed by atoms with Gasteiger partial charge in [0.2, 0.25) is 0 Å². The first-order chi connectivity index (χ1) is 6.07. The van der Waals surface area contributed by atoms with E-state index in [-0.39, 0.29) is 23.7 Å². The van der Waals surface area contributed by atoms with Gasteiger partial charge in [-0.2, -0.15) is 0 Å². The molecule has 1 saturated carbocycles. The highest BCUT2D eigenvalue weighted by Gasteiger charge is 2.40. The molecule has 0 aromatic rings. The SMILES string of the molecule is C[C@@H]1CC[C@H]([C@@H](C)C=O)[C@H]1C(=O)O. The van der Waals surface area contributed by atoms with E-state index < -0.39 is 5.97 Å². The maximum absolute atomic E-state index is 10.9. The van der Waals surface area contributed by atoms with E-state index >= 15 is 0 Å². The normalized spacial score (nSPS) is 35.7. The summed E-state index contributed by atoms with van der Waals surface area (Å²) < 4.78 is 0. The Morgan fingerprint density at radius 3 is 2.62 bits per heavy atom.